The van der Waals surface area contributed by atoms with Crippen LogP contribution in [0.4, 0.5) is 0 Å². The molecule has 0 bridgehead atoms. The lowest BCUT2D eigenvalue weighted by Crippen LogP contribution is -2.13. The maximum absolute atomic E-state index is 6.05. The molecule has 0 unspecified atom stereocenters. The number of aromatic nitrogens is 4. The highest BCUT2D eigenvalue weighted by atomic mass is 32.1. The Bertz CT molecular complexity index is 1410. The van der Waals surface area contributed by atoms with Gasteiger partial charge in [-0.3, -0.25) is 9.98 Å². The smallest absolute Gasteiger partial charge is 0.148 e. The highest BCUT2D eigenvalue weighted by Crippen LogP contribution is 2.33. The number of nitrogens with two attached hydrogens (primary N) is 2. The highest BCUT2D eigenvalue weighted by Gasteiger charge is 2.13. The molecular formula is C24H24N8S. The predicted molar refractivity (Wildman–Crippen MR) is 137 cm³/mol. The van der Waals surface area contributed by atoms with Crippen molar-refractivity contribution in [2.45, 2.75) is 13.8 Å². The molecule has 0 aliphatic rings. The van der Waals surface area contributed by atoms with Crippen LogP contribution in [0, 0.1) is 0 Å². The van der Waals surface area contributed by atoms with E-state index < -0.39 is 0 Å². The van der Waals surface area contributed by atoms with Crippen LogP contribution in [-0.4, -0.2) is 44.7 Å². The number of aliphatic imine (C=N–C) groups is 2. The van der Waals surface area contributed by atoms with Gasteiger partial charge in [0.1, 0.15) is 23.3 Å². The average Bonchev–Trinajstić information content (AvgIpc) is 3.55. The lowest BCUT2D eigenvalue weighted by atomic mass is 10.2. The number of H-pyrrole nitrogens is 2. The predicted octanol–water partition coefficient (Wildman–Crippen LogP) is 4.29. The average molecular weight is 457 g/mol. The Kier molecular flexibility index (Phi) is 5.39. The fraction of sp³-hybridized carbons (Fsp3) is 0.167. The molecule has 0 fully saturated rings. The maximum atomic E-state index is 6.05. The monoisotopic (exact) mass is 456 g/mol. The van der Waals surface area contributed by atoms with E-state index in [1.807, 2.05) is 50.2 Å². The zero-order valence-corrected chi connectivity index (χ0v) is 19.2. The third kappa shape index (κ3) is 3.98. The molecule has 6 N–H and O–H groups in total. The summed E-state index contributed by atoms with van der Waals surface area (Å²) in [6, 6.07) is 15.9. The summed E-state index contributed by atoms with van der Waals surface area (Å²) in [5.41, 5.74) is 17.5. The molecule has 2 aromatic carbocycles. The van der Waals surface area contributed by atoms with Gasteiger partial charge >= 0.3 is 0 Å². The summed E-state index contributed by atoms with van der Waals surface area (Å²) in [4.78, 5) is 26.9. The molecule has 5 rings (SSSR count). The lowest BCUT2D eigenvalue weighted by molar-refractivity contribution is 1.12. The van der Waals surface area contributed by atoms with E-state index in [1.165, 1.54) is 0 Å². The summed E-state index contributed by atoms with van der Waals surface area (Å²) >= 11 is 1.62. The maximum Gasteiger partial charge on any atom is 0.148 e. The van der Waals surface area contributed by atoms with Crippen molar-refractivity contribution in [2.75, 3.05) is 13.1 Å². The molecule has 0 radical (unpaired) electrons. The second kappa shape index (κ2) is 8.51. The van der Waals surface area contributed by atoms with E-state index in [1.54, 1.807) is 11.3 Å². The number of nitrogens with one attached hydrogen (secondary N) is 2. The van der Waals surface area contributed by atoms with Crippen LogP contribution in [0.5, 0.6) is 0 Å². The Morgan fingerprint density at radius 3 is 1.64 bits per heavy atom. The number of benzene rings is 2. The molecule has 0 spiro atoms. The van der Waals surface area contributed by atoms with Crippen molar-refractivity contribution in [1.82, 2.24) is 19.9 Å². The lowest BCUT2D eigenvalue weighted by Gasteiger charge is -1.99. The quantitative estimate of drug-likeness (QED) is 0.224. The van der Waals surface area contributed by atoms with Gasteiger partial charge in [-0.2, -0.15) is 0 Å². The van der Waals surface area contributed by atoms with Crippen LogP contribution in [0.3, 0.4) is 0 Å². The Hall–Kier alpha value is -3.98. The topological polar surface area (TPSA) is 134 Å². The first-order valence-corrected chi connectivity index (χ1v) is 11.6. The van der Waals surface area contributed by atoms with Crippen molar-refractivity contribution in [2.24, 2.45) is 21.5 Å². The first kappa shape index (κ1) is 20.9. The number of fused-ring (bicyclic) bond motifs is 2. The second-order valence-electron chi connectivity index (χ2n) is 7.52. The fourth-order valence-corrected chi connectivity index (χ4v) is 4.58. The summed E-state index contributed by atoms with van der Waals surface area (Å²) in [5.74, 6) is 2.69. The zero-order valence-electron chi connectivity index (χ0n) is 18.4. The molecule has 0 aliphatic carbocycles. The van der Waals surface area contributed by atoms with E-state index in [4.69, 9.17) is 21.4 Å². The number of nitrogens with zero attached hydrogens (tertiary/aromatic N) is 4. The molecule has 8 nitrogen and oxygen atoms in total. The van der Waals surface area contributed by atoms with Crippen molar-refractivity contribution >= 4 is 45.1 Å². The molecule has 0 atom stereocenters. The van der Waals surface area contributed by atoms with Gasteiger partial charge in [-0.05, 0) is 62.4 Å². The number of aromatic amines is 2. The minimum absolute atomic E-state index is 0.532. The van der Waals surface area contributed by atoms with Gasteiger partial charge in [0.05, 0.1) is 31.8 Å². The van der Waals surface area contributed by atoms with E-state index in [0.29, 0.717) is 24.8 Å². The van der Waals surface area contributed by atoms with Crippen LogP contribution in [0.15, 0.2) is 58.5 Å². The molecule has 33 heavy (non-hydrogen) atoms. The second-order valence-corrected chi connectivity index (χ2v) is 8.60. The Labute approximate surface area is 194 Å². The zero-order chi connectivity index (χ0) is 22.9. The number of hydrogen-bond donors (Lipinski definition) is 4. The molecular weight excluding hydrogens is 432 g/mol. The molecule has 0 saturated carbocycles. The molecule has 0 saturated heterocycles. The number of hydrogen-bond acceptors (Lipinski definition) is 5. The van der Waals surface area contributed by atoms with Crippen molar-refractivity contribution in [3.05, 3.63) is 59.7 Å². The van der Waals surface area contributed by atoms with Gasteiger partial charge in [-0.1, -0.05) is 0 Å². The van der Waals surface area contributed by atoms with Crippen molar-refractivity contribution in [3.8, 4) is 21.4 Å². The Balaban J connectivity index is 1.46. The summed E-state index contributed by atoms with van der Waals surface area (Å²) in [7, 11) is 0. The van der Waals surface area contributed by atoms with Crippen molar-refractivity contribution in [1.29, 1.82) is 0 Å². The van der Waals surface area contributed by atoms with Gasteiger partial charge in [0, 0.05) is 24.2 Å². The van der Waals surface area contributed by atoms with E-state index >= 15 is 0 Å². The molecule has 0 amide bonds. The third-order valence-corrected chi connectivity index (χ3v) is 6.38. The van der Waals surface area contributed by atoms with Gasteiger partial charge in [0.2, 0.25) is 0 Å². The summed E-state index contributed by atoms with van der Waals surface area (Å²) in [6.07, 6.45) is 0. The van der Waals surface area contributed by atoms with Crippen LogP contribution in [-0.2, 0) is 0 Å². The summed E-state index contributed by atoms with van der Waals surface area (Å²) < 4.78 is 0. The van der Waals surface area contributed by atoms with Crippen LogP contribution in [0.25, 0.3) is 43.5 Å². The molecule has 3 aromatic heterocycles. The number of imidazole rings is 2. The molecule has 3 heterocycles. The van der Waals surface area contributed by atoms with Gasteiger partial charge in [-0.25, -0.2) is 9.97 Å². The van der Waals surface area contributed by atoms with Crippen molar-refractivity contribution in [3.63, 3.8) is 0 Å². The van der Waals surface area contributed by atoms with Gasteiger partial charge in [0.25, 0.3) is 0 Å². The molecule has 5 aromatic rings. The van der Waals surface area contributed by atoms with Crippen LogP contribution in [0.1, 0.15) is 25.0 Å². The number of amidine groups is 2. The van der Waals surface area contributed by atoms with Crippen LogP contribution in [0.2, 0.25) is 0 Å². The van der Waals surface area contributed by atoms with Crippen LogP contribution >= 0.6 is 11.3 Å². The Morgan fingerprint density at radius 1 is 0.758 bits per heavy atom. The normalized spacial score (nSPS) is 12.8. The highest BCUT2D eigenvalue weighted by molar-refractivity contribution is 7.18. The standard InChI is InChI=1S/C24H24N8S/c1-3-27-21(25)13-5-7-15-17(11-13)31-23(29-15)19-9-10-20(33-19)24-30-16-8-6-14(12-18(16)32-24)22(26)28-4-2/h5-12H,3-4H2,1-2H3,(H2,25,27)(H2,26,28)(H,29,31)(H,30,32). The largest absolute Gasteiger partial charge is 0.384 e. The van der Waals surface area contributed by atoms with E-state index in [2.05, 4.69) is 32.1 Å². The van der Waals surface area contributed by atoms with E-state index in [0.717, 1.165) is 54.6 Å². The van der Waals surface area contributed by atoms with Crippen molar-refractivity contribution < 1.29 is 0 Å². The molecule has 9 heteroatoms. The third-order valence-electron chi connectivity index (χ3n) is 5.28. The summed E-state index contributed by atoms with van der Waals surface area (Å²) in [5, 5.41) is 0. The summed E-state index contributed by atoms with van der Waals surface area (Å²) in [6.45, 7) is 5.23. The molecule has 166 valence electrons. The minimum Gasteiger partial charge on any atom is -0.384 e. The SMILES string of the molecule is CCN=C(N)c1ccc2nc(-c3ccc(-c4nc5ccc(C(N)=NCC)cc5[nH]4)s3)[nH]c2c1. The van der Waals surface area contributed by atoms with E-state index in [9.17, 15) is 0 Å². The van der Waals surface area contributed by atoms with Gasteiger partial charge in [-0.15, -0.1) is 11.3 Å². The van der Waals surface area contributed by atoms with E-state index in [-0.39, 0.29) is 0 Å². The first-order valence-electron chi connectivity index (χ1n) is 10.8. The fourth-order valence-electron chi connectivity index (χ4n) is 3.69. The number of rotatable bonds is 6. The van der Waals surface area contributed by atoms with Gasteiger partial charge in [0.15, 0.2) is 0 Å². The van der Waals surface area contributed by atoms with Gasteiger partial charge < -0.3 is 21.4 Å². The Morgan fingerprint density at radius 2 is 1.21 bits per heavy atom. The number of thiophene rings is 1. The molecule has 0 aliphatic heterocycles. The first-order chi connectivity index (χ1) is 16.1. The van der Waals surface area contributed by atoms with Crippen LogP contribution < -0.4 is 11.5 Å². The minimum atomic E-state index is 0.532.